The minimum Gasteiger partial charge on any atom is -0.389 e. The molecule has 20 rings (SSSR count). The molecular formula is C109H159BrClN31O6. The molecule has 2 aromatic carbocycles. The molecule has 39 heteroatoms. The number of β-amino-alcohol motifs (C(OH)–C–C–N with tert-alkyl or cyclic N) is 1. The smallest absolute Gasteiger partial charge is 0.163 e. The van der Waals surface area contributed by atoms with Crippen LogP contribution in [0.4, 0.5) is 58.2 Å². The Morgan fingerprint density at radius 2 is 0.642 bits per heavy atom. The number of halogens is 2. The molecule has 5 saturated heterocycles. The van der Waals surface area contributed by atoms with Crippen molar-refractivity contribution in [2.75, 3.05) is 164 Å². The minimum atomic E-state index is -1.16. The van der Waals surface area contributed by atoms with Crippen LogP contribution < -0.4 is 79.8 Å². The molecule has 0 amide bonds. The van der Waals surface area contributed by atoms with Gasteiger partial charge in [-0.3, -0.25) is 4.98 Å². The highest BCUT2D eigenvalue weighted by Gasteiger charge is 2.39. The second kappa shape index (κ2) is 51.2. The molecule has 13 aromatic rings. The van der Waals surface area contributed by atoms with Crippen molar-refractivity contribution < 1.29 is 30.6 Å². The molecular weight excluding hydrogens is 1950 g/mol. The summed E-state index contributed by atoms with van der Waals surface area (Å²) in [6.45, 7) is 35.3. The van der Waals surface area contributed by atoms with E-state index in [9.17, 15) is 30.6 Å². The number of aromatic nitrogens is 16. The van der Waals surface area contributed by atoms with Crippen LogP contribution in [0.2, 0.25) is 5.02 Å². The predicted octanol–water partition coefficient (Wildman–Crippen LogP) is 15.5. The lowest BCUT2D eigenvalue weighted by Crippen LogP contribution is -2.57. The predicted molar refractivity (Wildman–Crippen MR) is 596 cm³/mol. The van der Waals surface area contributed by atoms with Crippen molar-refractivity contribution in [2.45, 2.75) is 275 Å². The molecule has 7 fully saturated rings. The Morgan fingerprint density at radius 1 is 0.351 bits per heavy atom. The highest BCUT2D eigenvalue weighted by molar-refractivity contribution is 9.10. The highest BCUT2D eigenvalue weighted by atomic mass is 79.9. The van der Waals surface area contributed by atoms with Crippen LogP contribution in [0.25, 0.3) is 28.2 Å². The Labute approximate surface area is 882 Å². The standard InChI is InChI=1S/C22H29BrN6O.C22H29ClN6O.C22H36N6O2.C22H36N6O.C21H29N7O/c2*1-15(2)17-13-27-29-20(25-12-16-5-3-4-6-18(16)23)11-19(28-21(17)29)26-14-22(30)7-9-24-10-8-22;1-15(2)17-12-26-28-20(24-11-16-6-4-3-5-7-16)10-19(27-21(17)28)25-14-22(30)8-9-23-13-18(22)29;1-16(2)18-14-26-28-20(24-13-17-6-4-3-5-7-17)12-19(27-21(18)28)25-15-22(29)8-10-23-11-9-22;1-15(2)17-13-26-28-19(24-12-16-3-7-22-8-4-16)11-18(27-20(17)28)25-14-21(29)5-9-23-10-6-21/h2*3-6,11,13,15,24-25,30H,7-10,12,14H2,1-2H3,(H,26,28);10,12,15-16,18,23-24,29-30H,3-9,11,13-14H2,1-2H3,(H,25,27);12,14,16-17,23-24,29H,3-11,13,15H2,1-2H3,(H,25,27);3-4,7-8,11,13,15,23-24,29H,5-6,9-10,12,14H2,1-2H3,(H,25,27)/t;;18-,22-;;/m..1../s1. The van der Waals surface area contributed by atoms with Crippen molar-refractivity contribution in [2.24, 2.45) is 11.8 Å². The Morgan fingerprint density at radius 3 is 0.959 bits per heavy atom. The van der Waals surface area contributed by atoms with Crippen LogP contribution in [0, 0.1) is 11.8 Å². The Kier molecular flexibility index (Phi) is 38.0. The third-order valence-electron chi connectivity index (χ3n) is 30.1. The zero-order chi connectivity index (χ0) is 104. The first-order valence-electron chi connectivity index (χ1n) is 54.0. The van der Waals surface area contributed by atoms with Crippen molar-refractivity contribution in [3.05, 3.63) is 188 Å². The number of nitrogens with zero attached hydrogens (tertiary/aromatic N) is 16. The van der Waals surface area contributed by atoms with Crippen molar-refractivity contribution in [1.82, 2.24) is 105 Å². The van der Waals surface area contributed by atoms with Crippen molar-refractivity contribution in [3.8, 4) is 0 Å². The molecule has 0 bridgehead atoms. The highest BCUT2D eigenvalue weighted by Crippen LogP contribution is 2.37. The lowest BCUT2D eigenvalue weighted by molar-refractivity contribution is -0.0820. The fourth-order valence-corrected chi connectivity index (χ4v) is 20.9. The average Bonchev–Trinajstić information content (AvgIpc) is 1.65. The van der Waals surface area contributed by atoms with E-state index < -0.39 is 34.1 Å². The number of piperidine rings is 5. The first-order valence-corrected chi connectivity index (χ1v) is 55.1. The van der Waals surface area contributed by atoms with Gasteiger partial charge in [-0.1, -0.05) is 172 Å². The van der Waals surface area contributed by atoms with E-state index in [2.05, 4.69) is 201 Å². The molecule has 37 nitrogen and oxygen atoms in total. The molecule has 0 radical (unpaired) electrons. The fraction of sp³-hybridized carbons (Fsp3) is 0.569. The first kappa shape index (κ1) is 110. The van der Waals surface area contributed by atoms with Gasteiger partial charge in [0.2, 0.25) is 0 Å². The number of hydrogen-bond acceptors (Lipinski definition) is 32. The van der Waals surface area contributed by atoms with Crippen molar-refractivity contribution in [3.63, 3.8) is 0 Å². The van der Waals surface area contributed by atoms with Gasteiger partial charge in [0.15, 0.2) is 28.2 Å². The number of rotatable bonds is 35. The maximum atomic E-state index is 10.8. The molecule has 148 heavy (non-hydrogen) atoms. The molecule has 800 valence electrons. The van der Waals surface area contributed by atoms with Gasteiger partial charge >= 0.3 is 0 Å². The Balaban J connectivity index is 0.000000132. The summed E-state index contributed by atoms with van der Waals surface area (Å²) >= 11 is 9.93. The van der Waals surface area contributed by atoms with Crippen LogP contribution in [-0.4, -0.2) is 254 Å². The summed E-state index contributed by atoms with van der Waals surface area (Å²) in [5.74, 6) is 11.2. The molecule has 7 aliphatic rings. The summed E-state index contributed by atoms with van der Waals surface area (Å²) in [5, 5.41) is 139. The summed E-state index contributed by atoms with van der Waals surface area (Å²) in [7, 11) is 0. The van der Waals surface area contributed by atoms with E-state index in [0.29, 0.717) is 107 Å². The average molecular weight is 2120 g/mol. The SMILES string of the molecule is CC(C)c1cnn2c(NCC3CCCCC3)cc(NCC3(O)CCNCC3)nc12.CC(C)c1cnn2c(NCC3CCCCC3)cc(NC[C@]3(O)CCNC[C@H]3O)nc12.CC(C)c1cnn2c(NCc3ccccc3Br)cc(NCC3(O)CCNCC3)nc12.CC(C)c1cnn2c(NCc3ccccc3Cl)cc(NCC3(O)CCNCC3)nc12.CC(C)c1cnn2c(NCc3ccncc3)cc(NCC3(O)CCNCC3)nc12. The van der Waals surface area contributed by atoms with E-state index in [1.54, 1.807) is 12.4 Å². The van der Waals surface area contributed by atoms with E-state index in [1.165, 1.54) is 64.2 Å². The van der Waals surface area contributed by atoms with Gasteiger partial charge in [-0.05, 0) is 225 Å². The van der Waals surface area contributed by atoms with Gasteiger partial charge in [-0.2, -0.15) is 48.1 Å². The number of anilines is 10. The van der Waals surface area contributed by atoms with Crippen LogP contribution in [0.15, 0.2) is 139 Å². The largest absolute Gasteiger partial charge is 0.389 e. The van der Waals surface area contributed by atoms with Gasteiger partial charge in [-0.15, -0.1) is 0 Å². The molecule has 0 unspecified atom stereocenters. The van der Waals surface area contributed by atoms with Gasteiger partial charge < -0.3 is 110 Å². The van der Waals surface area contributed by atoms with E-state index in [1.807, 2.05) is 138 Å². The van der Waals surface area contributed by atoms with E-state index in [0.717, 1.165) is 257 Å². The zero-order valence-electron chi connectivity index (χ0n) is 88.0. The van der Waals surface area contributed by atoms with E-state index >= 15 is 0 Å². The molecule has 2 saturated carbocycles. The lowest BCUT2D eigenvalue weighted by atomic mass is 9.89. The number of fused-ring (bicyclic) bond motifs is 5. The van der Waals surface area contributed by atoms with Crippen LogP contribution in [0.5, 0.6) is 0 Å². The minimum absolute atomic E-state index is 0.256. The maximum absolute atomic E-state index is 10.8. The molecule has 11 aromatic heterocycles. The Hall–Kier alpha value is -11.0. The van der Waals surface area contributed by atoms with Gasteiger partial charge in [0.25, 0.3) is 0 Å². The fourth-order valence-electron chi connectivity index (χ4n) is 20.3. The number of aliphatic hydroxyl groups is 6. The number of pyridine rings is 1. The second-order valence-corrected chi connectivity index (χ2v) is 44.5. The monoisotopic (exact) mass is 2110 g/mol. The van der Waals surface area contributed by atoms with Crippen LogP contribution in [0.1, 0.15) is 265 Å². The van der Waals surface area contributed by atoms with E-state index in [-0.39, 0.29) is 6.54 Å². The molecule has 5 aliphatic heterocycles. The number of benzene rings is 2. The van der Waals surface area contributed by atoms with Crippen LogP contribution >= 0.6 is 27.5 Å². The zero-order valence-corrected chi connectivity index (χ0v) is 90.3. The third kappa shape index (κ3) is 29.0. The van der Waals surface area contributed by atoms with Gasteiger partial charge in [0.1, 0.15) is 63.8 Å². The van der Waals surface area contributed by atoms with Crippen molar-refractivity contribution in [1.29, 1.82) is 0 Å². The Bertz CT molecular complexity index is 6230. The normalized spacial score (nSPS) is 18.9. The molecule has 2 atom stereocenters. The number of hydrogen-bond donors (Lipinski definition) is 21. The maximum Gasteiger partial charge on any atom is 0.163 e. The van der Waals surface area contributed by atoms with Crippen molar-refractivity contribution >= 4 is 114 Å². The van der Waals surface area contributed by atoms with Gasteiger partial charge in [-0.25, -0.2) is 24.9 Å². The number of aliphatic hydroxyl groups excluding tert-OH is 1. The molecule has 2 aliphatic carbocycles. The first-order chi connectivity index (χ1) is 71.4. The van der Waals surface area contributed by atoms with Crippen LogP contribution in [-0.2, 0) is 19.6 Å². The number of nitrogens with one attached hydrogen (secondary N) is 15. The lowest BCUT2D eigenvalue weighted by Gasteiger charge is -2.37. The summed E-state index contributed by atoms with van der Waals surface area (Å²) in [6, 6.07) is 29.8. The topological polar surface area (TPSA) is 466 Å². The second-order valence-electron chi connectivity index (χ2n) is 43.2. The summed E-state index contributed by atoms with van der Waals surface area (Å²) in [5.41, 5.74) is 9.10. The quantitative estimate of drug-likeness (QED) is 0.0175. The summed E-state index contributed by atoms with van der Waals surface area (Å²) in [4.78, 5) is 28.1. The van der Waals surface area contributed by atoms with Gasteiger partial charge in [0.05, 0.1) is 59.5 Å². The molecule has 16 heterocycles. The molecule has 0 spiro atoms. The third-order valence-corrected chi connectivity index (χ3v) is 31.2. The summed E-state index contributed by atoms with van der Waals surface area (Å²) in [6.07, 6.45) is 31.9. The van der Waals surface area contributed by atoms with Crippen LogP contribution in [0.3, 0.4) is 0 Å². The summed E-state index contributed by atoms with van der Waals surface area (Å²) < 4.78 is 10.4. The van der Waals surface area contributed by atoms with E-state index in [4.69, 9.17) is 36.5 Å². The van der Waals surface area contributed by atoms with Gasteiger partial charge in [0, 0.05) is 152 Å². The molecule has 21 N–H and O–H groups in total.